The molecule has 1 aromatic heterocycles. The summed E-state index contributed by atoms with van der Waals surface area (Å²) in [6.45, 7) is -0.317. The normalized spacial score (nSPS) is 11.7. The van der Waals surface area contributed by atoms with Crippen LogP contribution >= 0.6 is 0 Å². The topological polar surface area (TPSA) is 160 Å². The summed E-state index contributed by atoms with van der Waals surface area (Å²) in [6.07, 6.45) is 0. The van der Waals surface area contributed by atoms with Crippen molar-refractivity contribution in [1.82, 2.24) is 9.78 Å². The van der Waals surface area contributed by atoms with Crippen molar-refractivity contribution in [2.24, 2.45) is 10.2 Å². The molecule has 0 aliphatic rings. The van der Waals surface area contributed by atoms with Gasteiger partial charge in [0.25, 0.3) is 15.7 Å². The molecule has 0 saturated carbocycles. The van der Waals surface area contributed by atoms with Crippen LogP contribution in [-0.4, -0.2) is 27.7 Å². The van der Waals surface area contributed by atoms with Crippen molar-refractivity contribution in [2.45, 2.75) is 12.3 Å². The molecular formula is C23H19N5O6S. The average molecular weight is 494 g/mol. The molecule has 0 unspecified atom stereocenters. The van der Waals surface area contributed by atoms with Gasteiger partial charge in [0.05, 0.1) is 17.1 Å². The first-order valence-corrected chi connectivity index (χ1v) is 11.9. The largest absolute Gasteiger partial charge is 0.299 e. The molecule has 178 valence electrons. The second-order valence-electron chi connectivity index (χ2n) is 7.59. The number of nitrogens with one attached hydrogen (secondary N) is 1. The van der Waals surface area contributed by atoms with Gasteiger partial charge in [0.1, 0.15) is 5.75 Å². The van der Waals surface area contributed by atoms with Crippen LogP contribution in [0, 0.1) is 10.1 Å². The Hall–Kier alpha value is -4.42. The Morgan fingerprint density at radius 1 is 0.914 bits per heavy atom. The van der Waals surface area contributed by atoms with Crippen molar-refractivity contribution in [3.8, 4) is 16.9 Å². The monoisotopic (exact) mass is 493 g/mol. The van der Waals surface area contributed by atoms with E-state index in [1.54, 1.807) is 48.5 Å². The zero-order chi connectivity index (χ0) is 25.0. The molecule has 4 aromatic rings. The summed E-state index contributed by atoms with van der Waals surface area (Å²) >= 11 is 0. The molecule has 0 spiro atoms. The van der Waals surface area contributed by atoms with E-state index >= 15 is 0 Å². The maximum absolute atomic E-state index is 13.2. The SMILES string of the molecule is O=c1c(N=Nc2ccc(CS(=O)(=O)O)cc2)c(-c2ccc(C[N+](=O)[O-])cc2)[nH]n1-c1ccccc1. The van der Waals surface area contributed by atoms with Gasteiger partial charge in [-0.1, -0.05) is 54.6 Å². The number of aromatic amines is 1. The van der Waals surface area contributed by atoms with Gasteiger partial charge in [0, 0.05) is 16.1 Å². The lowest BCUT2D eigenvalue weighted by Crippen LogP contribution is -2.13. The first-order chi connectivity index (χ1) is 16.7. The Morgan fingerprint density at radius 2 is 1.54 bits per heavy atom. The maximum Gasteiger partial charge on any atom is 0.299 e. The van der Waals surface area contributed by atoms with Crippen molar-refractivity contribution in [3.63, 3.8) is 0 Å². The second-order valence-corrected chi connectivity index (χ2v) is 9.04. The minimum absolute atomic E-state index is 0.0258. The van der Waals surface area contributed by atoms with Crippen LogP contribution in [0.2, 0.25) is 0 Å². The van der Waals surface area contributed by atoms with Gasteiger partial charge in [-0.25, -0.2) is 4.68 Å². The Balaban J connectivity index is 1.73. The van der Waals surface area contributed by atoms with E-state index in [-0.39, 0.29) is 12.2 Å². The van der Waals surface area contributed by atoms with E-state index < -0.39 is 26.4 Å². The summed E-state index contributed by atoms with van der Waals surface area (Å²) in [4.78, 5) is 23.6. The highest BCUT2D eigenvalue weighted by molar-refractivity contribution is 7.85. The Bertz CT molecular complexity index is 1540. The van der Waals surface area contributed by atoms with Gasteiger partial charge in [-0.2, -0.15) is 13.5 Å². The second kappa shape index (κ2) is 9.83. The Morgan fingerprint density at radius 3 is 2.14 bits per heavy atom. The molecule has 0 radical (unpaired) electrons. The van der Waals surface area contributed by atoms with Gasteiger partial charge < -0.3 is 0 Å². The van der Waals surface area contributed by atoms with Crippen LogP contribution in [0.4, 0.5) is 11.4 Å². The highest BCUT2D eigenvalue weighted by Gasteiger charge is 2.17. The summed E-state index contributed by atoms with van der Waals surface area (Å²) < 4.78 is 32.4. The number of nitrogens with zero attached hydrogens (tertiary/aromatic N) is 4. The third kappa shape index (κ3) is 5.93. The van der Waals surface area contributed by atoms with Gasteiger partial charge in [0.15, 0.2) is 5.69 Å². The average Bonchev–Trinajstić information content (AvgIpc) is 3.14. The number of benzene rings is 3. The van der Waals surface area contributed by atoms with E-state index in [2.05, 4.69) is 15.3 Å². The molecule has 0 saturated heterocycles. The van der Waals surface area contributed by atoms with Crippen LogP contribution in [0.15, 0.2) is 93.9 Å². The van der Waals surface area contributed by atoms with Crippen molar-refractivity contribution >= 4 is 21.5 Å². The summed E-state index contributed by atoms with van der Waals surface area (Å²) in [5.41, 5.74) is 2.36. The molecular weight excluding hydrogens is 474 g/mol. The van der Waals surface area contributed by atoms with Gasteiger partial charge in [-0.15, -0.1) is 5.11 Å². The highest BCUT2D eigenvalue weighted by atomic mass is 32.2. The van der Waals surface area contributed by atoms with Crippen molar-refractivity contribution in [1.29, 1.82) is 0 Å². The molecule has 0 amide bonds. The molecule has 1 heterocycles. The van der Waals surface area contributed by atoms with E-state index in [9.17, 15) is 23.3 Å². The number of para-hydroxylation sites is 1. The number of hydrogen-bond acceptors (Lipinski definition) is 7. The van der Waals surface area contributed by atoms with E-state index in [1.807, 2.05) is 6.07 Å². The van der Waals surface area contributed by atoms with Crippen LogP contribution in [0.3, 0.4) is 0 Å². The smallest absolute Gasteiger partial charge is 0.288 e. The quantitative estimate of drug-likeness (QED) is 0.160. The van der Waals surface area contributed by atoms with Crippen LogP contribution in [-0.2, 0) is 22.4 Å². The van der Waals surface area contributed by atoms with E-state index in [4.69, 9.17) is 4.55 Å². The zero-order valence-electron chi connectivity index (χ0n) is 18.1. The van der Waals surface area contributed by atoms with Gasteiger partial charge in [-0.05, 0) is 29.8 Å². The van der Waals surface area contributed by atoms with Crippen molar-refractivity contribution in [3.05, 3.63) is 110 Å². The fourth-order valence-corrected chi connectivity index (χ4v) is 4.00. The molecule has 0 fully saturated rings. The molecule has 4 rings (SSSR count). The molecule has 11 nitrogen and oxygen atoms in total. The lowest BCUT2D eigenvalue weighted by atomic mass is 10.1. The van der Waals surface area contributed by atoms with Crippen LogP contribution < -0.4 is 5.56 Å². The standard InChI is InChI=1S/C23H19N5O6S/c29-23-22(25-24-19-12-8-17(9-13-19)15-35(32,33)34)21(26-28(23)20-4-2-1-3-5-20)18-10-6-16(7-11-18)14-27(30)31/h1-13,26H,14-15H2,(H,32,33,34). The maximum atomic E-state index is 13.2. The third-order valence-corrected chi connectivity index (χ3v) is 5.68. The van der Waals surface area contributed by atoms with Crippen molar-refractivity contribution in [2.75, 3.05) is 0 Å². The van der Waals surface area contributed by atoms with E-state index in [0.29, 0.717) is 33.8 Å². The Labute approximate surface area is 199 Å². The lowest BCUT2D eigenvalue weighted by molar-refractivity contribution is -0.496. The molecule has 0 atom stereocenters. The van der Waals surface area contributed by atoms with Gasteiger partial charge in [0.2, 0.25) is 6.54 Å². The predicted molar refractivity (Wildman–Crippen MR) is 128 cm³/mol. The summed E-state index contributed by atoms with van der Waals surface area (Å²) in [5.74, 6) is -0.527. The van der Waals surface area contributed by atoms with Crippen LogP contribution in [0.1, 0.15) is 11.1 Å². The predicted octanol–water partition coefficient (Wildman–Crippen LogP) is 4.41. The minimum atomic E-state index is -4.16. The van der Waals surface area contributed by atoms with E-state index in [0.717, 1.165) is 0 Å². The summed E-state index contributed by atoms with van der Waals surface area (Å²) in [6, 6.07) is 21.4. The molecule has 35 heavy (non-hydrogen) atoms. The molecule has 0 aliphatic heterocycles. The van der Waals surface area contributed by atoms with Crippen LogP contribution in [0.25, 0.3) is 16.9 Å². The first-order valence-electron chi connectivity index (χ1n) is 10.3. The number of rotatable bonds is 8. The van der Waals surface area contributed by atoms with E-state index in [1.165, 1.54) is 28.9 Å². The fourth-order valence-electron chi connectivity index (χ4n) is 3.38. The number of H-pyrrole nitrogens is 1. The molecule has 2 N–H and O–H groups in total. The van der Waals surface area contributed by atoms with Crippen LogP contribution in [0.5, 0.6) is 0 Å². The molecule has 3 aromatic carbocycles. The summed E-state index contributed by atoms with van der Waals surface area (Å²) in [7, 11) is -4.16. The summed E-state index contributed by atoms with van der Waals surface area (Å²) in [5, 5.41) is 22.1. The lowest BCUT2D eigenvalue weighted by Gasteiger charge is -2.02. The highest BCUT2D eigenvalue weighted by Crippen LogP contribution is 2.29. The van der Waals surface area contributed by atoms with Gasteiger partial charge in [-0.3, -0.25) is 24.6 Å². The number of azo groups is 1. The first kappa shape index (κ1) is 23.7. The number of aromatic nitrogens is 2. The minimum Gasteiger partial charge on any atom is -0.288 e. The molecule has 0 aliphatic carbocycles. The molecule has 12 heteroatoms. The molecule has 0 bridgehead atoms. The third-order valence-electron chi connectivity index (χ3n) is 4.99. The zero-order valence-corrected chi connectivity index (χ0v) is 18.9. The number of hydrogen-bond donors (Lipinski definition) is 2. The number of nitro groups is 1. The Kier molecular flexibility index (Phi) is 6.66. The fraction of sp³-hybridized carbons (Fsp3) is 0.0870. The van der Waals surface area contributed by atoms with Gasteiger partial charge >= 0.3 is 0 Å². The van der Waals surface area contributed by atoms with Crippen molar-refractivity contribution < 1.29 is 17.9 Å².